The summed E-state index contributed by atoms with van der Waals surface area (Å²) in [6.45, 7) is 3.41. The molecule has 1 atom stereocenters. The lowest BCUT2D eigenvalue weighted by Crippen LogP contribution is -2.28. The van der Waals surface area contributed by atoms with Crippen LogP contribution in [0.5, 0.6) is 5.75 Å². The maximum atomic E-state index is 12.9. The van der Waals surface area contributed by atoms with Crippen LogP contribution in [0.25, 0.3) is 22.6 Å². The molecular weight excluding hydrogens is 396 g/mol. The van der Waals surface area contributed by atoms with E-state index in [9.17, 15) is 4.79 Å². The monoisotopic (exact) mass is 418 g/mol. The van der Waals surface area contributed by atoms with Crippen LogP contribution in [0.3, 0.4) is 0 Å². The Morgan fingerprint density at radius 1 is 1.17 bits per heavy atom. The molecule has 30 heavy (non-hydrogen) atoms. The number of aromatic nitrogens is 3. The fourth-order valence-corrected chi connectivity index (χ4v) is 4.90. The van der Waals surface area contributed by atoms with Crippen molar-refractivity contribution in [3.63, 3.8) is 0 Å². The fourth-order valence-electron chi connectivity index (χ4n) is 4.06. The summed E-state index contributed by atoms with van der Waals surface area (Å²) in [4.78, 5) is 26.3. The molecule has 7 heteroatoms. The molecule has 4 aromatic rings. The van der Waals surface area contributed by atoms with Gasteiger partial charge in [-0.05, 0) is 61.9 Å². The third kappa shape index (κ3) is 3.25. The minimum Gasteiger partial charge on any atom is -0.497 e. The maximum Gasteiger partial charge on any atom is 0.263 e. The van der Waals surface area contributed by atoms with Crippen LogP contribution in [0.2, 0.25) is 0 Å². The molecule has 0 aliphatic carbocycles. The van der Waals surface area contributed by atoms with E-state index in [4.69, 9.17) is 9.72 Å². The van der Waals surface area contributed by atoms with Crippen molar-refractivity contribution in [2.45, 2.75) is 19.4 Å². The van der Waals surface area contributed by atoms with Crippen molar-refractivity contribution in [1.29, 1.82) is 0 Å². The predicted molar refractivity (Wildman–Crippen MR) is 118 cm³/mol. The van der Waals surface area contributed by atoms with Gasteiger partial charge in [0.05, 0.1) is 18.0 Å². The fraction of sp³-hybridized carbons (Fsp3) is 0.261. The van der Waals surface area contributed by atoms with Gasteiger partial charge in [0.2, 0.25) is 0 Å². The van der Waals surface area contributed by atoms with Gasteiger partial charge in [-0.2, -0.15) is 0 Å². The molecule has 0 saturated carbocycles. The third-order valence-corrected chi connectivity index (χ3v) is 6.55. The highest BCUT2D eigenvalue weighted by molar-refractivity contribution is 7.13. The number of likely N-dealkylation sites (tertiary alicyclic amines) is 1. The first kappa shape index (κ1) is 18.8. The molecular formula is C23H22N4O2S. The Morgan fingerprint density at radius 2 is 2.00 bits per heavy atom. The number of benzene rings is 1. The van der Waals surface area contributed by atoms with E-state index in [0.717, 1.165) is 51.0 Å². The smallest absolute Gasteiger partial charge is 0.263 e. The number of methoxy groups -OCH3 is 1. The summed E-state index contributed by atoms with van der Waals surface area (Å²) < 4.78 is 7.49. The summed E-state index contributed by atoms with van der Waals surface area (Å²) in [6, 6.07) is 15.9. The van der Waals surface area contributed by atoms with Crippen molar-refractivity contribution in [1.82, 2.24) is 19.4 Å². The number of imidazole rings is 1. The van der Waals surface area contributed by atoms with Crippen LogP contribution in [0.15, 0.2) is 54.7 Å². The highest BCUT2D eigenvalue weighted by atomic mass is 32.1. The van der Waals surface area contributed by atoms with Gasteiger partial charge in [0.15, 0.2) is 5.65 Å². The van der Waals surface area contributed by atoms with Gasteiger partial charge in [-0.1, -0.05) is 0 Å². The van der Waals surface area contributed by atoms with Gasteiger partial charge in [0, 0.05) is 29.7 Å². The molecule has 0 spiro atoms. The van der Waals surface area contributed by atoms with Gasteiger partial charge in [0.25, 0.3) is 5.91 Å². The van der Waals surface area contributed by atoms with Crippen molar-refractivity contribution in [2.75, 3.05) is 20.2 Å². The molecule has 4 heterocycles. The van der Waals surface area contributed by atoms with E-state index >= 15 is 0 Å². The van der Waals surface area contributed by atoms with Crippen molar-refractivity contribution in [2.24, 2.45) is 0 Å². The number of amides is 1. The number of hydrogen-bond acceptors (Lipinski definition) is 5. The van der Waals surface area contributed by atoms with E-state index in [-0.39, 0.29) is 11.9 Å². The minimum absolute atomic E-state index is 0.110. The van der Waals surface area contributed by atoms with Crippen LogP contribution < -0.4 is 4.74 Å². The second-order valence-corrected chi connectivity index (χ2v) is 8.77. The summed E-state index contributed by atoms with van der Waals surface area (Å²) in [7, 11) is 1.66. The lowest BCUT2D eigenvalue weighted by atomic mass is 10.2. The molecule has 6 nitrogen and oxygen atoms in total. The number of pyridine rings is 1. The average Bonchev–Trinajstić information content (AvgIpc) is 3.51. The van der Waals surface area contributed by atoms with E-state index in [1.54, 1.807) is 24.6 Å². The number of aryl methyl sites for hydroxylation is 1. The summed E-state index contributed by atoms with van der Waals surface area (Å²) >= 11 is 1.55. The second kappa shape index (κ2) is 7.57. The third-order valence-electron chi connectivity index (χ3n) is 5.56. The lowest BCUT2D eigenvalue weighted by Gasteiger charge is -2.18. The van der Waals surface area contributed by atoms with Crippen molar-refractivity contribution >= 4 is 28.4 Å². The van der Waals surface area contributed by atoms with Gasteiger partial charge in [-0.25, -0.2) is 9.97 Å². The van der Waals surface area contributed by atoms with Gasteiger partial charge < -0.3 is 14.2 Å². The van der Waals surface area contributed by atoms with Gasteiger partial charge in [-0.15, -0.1) is 11.3 Å². The first-order chi connectivity index (χ1) is 14.6. The zero-order valence-electron chi connectivity index (χ0n) is 16.9. The topological polar surface area (TPSA) is 60.3 Å². The summed E-state index contributed by atoms with van der Waals surface area (Å²) in [5.41, 5.74) is 2.73. The highest BCUT2D eigenvalue weighted by Gasteiger charge is 2.31. The van der Waals surface area contributed by atoms with E-state index in [0.29, 0.717) is 6.54 Å². The Bertz CT molecular complexity index is 1210. The first-order valence-corrected chi connectivity index (χ1v) is 10.8. The van der Waals surface area contributed by atoms with Gasteiger partial charge in [0.1, 0.15) is 17.1 Å². The van der Waals surface area contributed by atoms with Crippen LogP contribution in [-0.2, 0) is 0 Å². The number of fused-ring (bicyclic) bond motifs is 1. The average molecular weight is 419 g/mol. The zero-order chi connectivity index (χ0) is 20.7. The molecule has 0 unspecified atom stereocenters. The molecule has 152 valence electrons. The zero-order valence-corrected chi connectivity index (χ0v) is 17.7. The van der Waals surface area contributed by atoms with Crippen LogP contribution in [0, 0.1) is 6.92 Å². The molecule has 0 radical (unpaired) electrons. The molecule has 5 rings (SSSR count). The lowest BCUT2D eigenvalue weighted by molar-refractivity contribution is 0.0792. The van der Waals surface area contributed by atoms with Crippen molar-refractivity contribution in [3.8, 4) is 17.1 Å². The Balaban J connectivity index is 1.51. The van der Waals surface area contributed by atoms with E-state index in [1.807, 2.05) is 60.4 Å². The Labute approximate surface area is 178 Å². The van der Waals surface area contributed by atoms with Crippen LogP contribution in [0.4, 0.5) is 0 Å². The van der Waals surface area contributed by atoms with Crippen LogP contribution in [-0.4, -0.2) is 45.5 Å². The molecule has 1 aliphatic heterocycles. The quantitative estimate of drug-likeness (QED) is 0.487. The van der Waals surface area contributed by atoms with Crippen molar-refractivity contribution in [3.05, 3.63) is 64.5 Å². The van der Waals surface area contributed by atoms with E-state index in [1.165, 1.54) is 0 Å². The second-order valence-electron chi connectivity index (χ2n) is 7.48. The predicted octanol–water partition coefficient (Wildman–Crippen LogP) is 4.56. The number of carbonyl (C=O) groups excluding carboxylic acids is 1. The van der Waals surface area contributed by atoms with Crippen molar-refractivity contribution < 1.29 is 9.53 Å². The van der Waals surface area contributed by atoms with E-state index < -0.39 is 0 Å². The number of rotatable bonds is 4. The molecule has 1 aromatic carbocycles. The molecule has 1 fully saturated rings. The number of carbonyl (C=O) groups is 1. The Kier molecular flexibility index (Phi) is 4.75. The molecule has 1 saturated heterocycles. The summed E-state index contributed by atoms with van der Waals surface area (Å²) in [5.74, 6) is 1.79. The largest absolute Gasteiger partial charge is 0.497 e. The molecule has 0 N–H and O–H groups in total. The molecule has 1 amide bonds. The standard InChI is InChI=1S/C23H22N4O2S/c1-15-5-10-20(30-15)23(28)26-13-11-17(14-26)27-21(16-6-8-18(29-2)9-7-16)25-19-4-3-12-24-22(19)27/h3-10,12,17H,11,13-14H2,1-2H3/t17-/m0/s1. The molecule has 0 bridgehead atoms. The number of ether oxygens (including phenoxy) is 1. The van der Waals surface area contributed by atoms with Crippen LogP contribution in [0.1, 0.15) is 27.0 Å². The first-order valence-electron chi connectivity index (χ1n) is 9.97. The minimum atomic E-state index is 0.110. The van der Waals surface area contributed by atoms with Gasteiger partial charge >= 0.3 is 0 Å². The van der Waals surface area contributed by atoms with Gasteiger partial charge in [-0.3, -0.25) is 4.79 Å². The SMILES string of the molecule is COc1ccc(-c2nc3cccnc3n2[C@H]2CCN(C(=O)c3ccc(C)s3)C2)cc1. The molecule has 3 aromatic heterocycles. The number of nitrogens with zero attached hydrogens (tertiary/aromatic N) is 4. The Morgan fingerprint density at radius 3 is 2.73 bits per heavy atom. The number of hydrogen-bond donors (Lipinski definition) is 0. The number of thiophene rings is 1. The normalized spacial score (nSPS) is 16.3. The Hall–Kier alpha value is -3.19. The van der Waals surface area contributed by atoms with Crippen LogP contribution >= 0.6 is 11.3 Å². The maximum absolute atomic E-state index is 12.9. The summed E-state index contributed by atoms with van der Waals surface area (Å²) in [6.07, 6.45) is 2.67. The van der Waals surface area contributed by atoms with E-state index in [2.05, 4.69) is 9.55 Å². The molecule has 1 aliphatic rings. The summed E-state index contributed by atoms with van der Waals surface area (Å²) in [5, 5.41) is 0. The highest BCUT2D eigenvalue weighted by Crippen LogP contribution is 2.33.